The van der Waals surface area contributed by atoms with Crippen LogP contribution in [0.2, 0.25) is 0 Å². The molecule has 0 amide bonds. The van der Waals surface area contributed by atoms with Crippen LogP contribution in [0, 0.1) is 0 Å². The van der Waals surface area contributed by atoms with Crippen LogP contribution in [0.3, 0.4) is 0 Å². The molecule has 148 valence electrons. The summed E-state index contributed by atoms with van der Waals surface area (Å²) in [4.78, 5) is 24.6. The van der Waals surface area contributed by atoms with Gasteiger partial charge in [0.1, 0.15) is 18.1 Å². The standard InChI is InChI=1S/C25H18O5/c26-22-11-8-19-14-21(7-6-20(19)15-22)25(28)30-23-12-9-18(10-13-23)24(27)29-16-17-4-2-1-3-5-17/h1-15,26H,16H2. The molecule has 4 rings (SSSR count). The predicted molar refractivity (Wildman–Crippen MR) is 113 cm³/mol. The molecule has 30 heavy (non-hydrogen) atoms. The quantitative estimate of drug-likeness (QED) is 0.373. The second-order valence-corrected chi connectivity index (χ2v) is 6.72. The van der Waals surface area contributed by atoms with Gasteiger partial charge in [-0.1, -0.05) is 42.5 Å². The summed E-state index contributed by atoms with van der Waals surface area (Å²) in [7, 11) is 0. The molecule has 4 aromatic rings. The van der Waals surface area contributed by atoms with Gasteiger partial charge >= 0.3 is 11.9 Å². The first-order valence-corrected chi connectivity index (χ1v) is 9.34. The lowest BCUT2D eigenvalue weighted by Gasteiger charge is -2.08. The maximum atomic E-state index is 12.4. The third-order valence-corrected chi connectivity index (χ3v) is 4.57. The van der Waals surface area contributed by atoms with E-state index in [1.54, 1.807) is 60.7 Å². The van der Waals surface area contributed by atoms with Gasteiger partial charge in [0, 0.05) is 0 Å². The maximum Gasteiger partial charge on any atom is 0.343 e. The first kappa shape index (κ1) is 19.2. The highest BCUT2D eigenvalue weighted by Gasteiger charge is 2.12. The zero-order valence-electron chi connectivity index (χ0n) is 15.9. The van der Waals surface area contributed by atoms with E-state index in [4.69, 9.17) is 9.47 Å². The minimum absolute atomic E-state index is 0.167. The summed E-state index contributed by atoms with van der Waals surface area (Å²) in [6.45, 7) is 0.191. The minimum Gasteiger partial charge on any atom is -0.508 e. The highest BCUT2D eigenvalue weighted by atomic mass is 16.5. The molecule has 0 fully saturated rings. The van der Waals surface area contributed by atoms with E-state index in [-0.39, 0.29) is 12.4 Å². The predicted octanol–water partition coefficient (Wildman–Crippen LogP) is 5.12. The molecule has 0 aliphatic rings. The van der Waals surface area contributed by atoms with Crippen molar-refractivity contribution in [1.82, 2.24) is 0 Å². The number of ether oxygens (including phenoxy) is 2. The van der Waals surface area contributed by atoms with Crippen LogP contribution in [0.1, 0.15) is 26.3 Å². The number of carbonyl (C=O) groups excluding carboxylic acids is 2. The molecule has 0 bridgehead atoms. The number of phenolic OH excluding ortho intramolecular Hbond substituents is 1. The first-order chi connectivity index (χ1) is 14.6. The largest absolute Gasteiger partial charge is 0.508 e. The molecule has 0 atom stereocenters. The molecule has 0 heterocycles. The summed E-state index contributed by atoms with van der Waals surface area (Å²) in [6.07, 6.45) is 0. The van der Waals surface area contributed by atoms with Gasteiger partial charge in [0.05, 0.1) is 11.1 Å². The molecular formula is C25H18O5. The number of fused-ring (bicyclic) bond motifs is 1. The summed E-state index contributed by atoms with van der Waals surface area (Å²) in [6, 6.07) is 25.6. The fourth-order valence-electron chi connectivity index (χ4n) is 2.99. The third kappa shape index (κ3) is 4.47. The van der Waals surface area contributed by atoms with Crippen molar-refractivity contribution in [2.45, 2.75) is 6.61 Å². The van der Waals surface area contributed by atoms with E-state index < -0.39 is 11.9 Å². The second-order valence-electron chi connectivity index (χ2n) is 6.72. The summed E-state index contributed by atoms with van der Waals surface area (Å²) in [5.41, 5.74) is 1.66. The molecular weight excluding hydrogens is 380 g/mol. The van der Waals surface area contributed by atoms with Gasteiger partial charge in [0.25, 0.3) is 0 Å². The van der Waals surface area contributed by atoms with Gasteiger partial charge in [0.2, 0.25) is 0 Å². The van der Waals surface area contributed by atoms with Crippen molar-refractivity contribution in [3.8, 4) is 11.5 Å². The molecule has 1 N–H and O–H groups in total. The van der Waals surface area contributed by atoms with Crippen molar-refractivity contribution in [3.63, 3.8) is 0 Å². The van der Waals surface area contributed by atoms with Crippen molar-refractivity contribution in [3.05, 3.63) is 108 Å². The zero-order chi connectivity index (χ0) is 20.9. The Kier molecular flexibility index (Phi) is 5.44. The van der Waals surface area contributed by atoms with Gasteiger partial charge in [-0.2, -0.15) is 0 Å². The minimum atomic E-state index is -0.510. The van der Waals surface area contributed by atoms with E-state index in [9.17, 15) is 14.7 Å². The number of benzene rings is 4. The summed E-state index contributed by atoms with van der Waals surface area (Å²) >= 11 is 0. The number of phenols is 1. The van der Waals surface area contributed by atoms with E-state index in [1.165, 1.54) is 0 Å². The summed E-state index contributed by atoms with van der Waals surface area (Å²) < 4.78 is 10.7. The molecule has 0 aliphatic carbocycles. The lowest BCUT2D eigenvalue weighted by molar-refractivity contribution is 0.0472. The van der Waals surface area contributed by atoms with Gasteiger partial charge in [-0.15, -0.1) is 0 Å². The van der Waals surface area contributed by atoms with Gasteiger partial charge < -0.3 is 14.6 Å². The molecule has 0 radical (unpaired) electrons. The number of hydrogen-bond donors (Lipinski definition) is 1. The third-order valence-electron chi connectivity index (χ3n) is 4.57. The number of rotatable bonds is 5. The Balaban J connectivity index is 1.39. The van der Waals surface area contributed by atoms with Crippen molar-refractivity contribution in [2.75, 3.05) is 0 Å². The molecule has 0 aliphatic heterocycles. The van der Waals surface area contributed by atoms with Crippen LogP contribution in [0.15, 0.2) is 91.0 Å². The lowest BCUT2D eigenvalue weighted by Crippen LogP contribution is -2.09. The van der Waals surface area contributed by atoms with Crippen molar-refractivity contribution >= 4 is 22.7 Å². The Morgan fingerprint density at radius 2 is 1.37 bits per heavy atom. The first-order valence-electron chi connectivity index (χ1n) is 9.34. The Hall–Kier alpha value is -4.12. The number of carbonyl (C=O) groups is 2. The Labute approximate surface area is 173 Å². The van der Waals surface area contributed by atoms with E-state index in [2.05, 4.69) is 0 Å². The monoisotopic (exact) mass is 398 g/mol. The number of hydrogen-bond acceptors (Lipinski definition) is 5. The van der Waals surface area contributed by atoms with Gasteiger partial charge in [-0.05, 0) is 64.9 Å². The molecule has 5 heteroatoms. The number of aromatic hydroxyl groups is 1. The fourth-order valence-corrected chi connectivity index (χ4v) is 2.99. The second kappa shape index (κ2) is 8.49. The van der Waals surface area contributed by atoms with Gasteiger partial charge in [0.15, 0.2) is 0 Å². The SMILES string of the molecule is O=C(OCc1ccccc1)c1ccc(OC(=O)c2ccc3cc(O)ccc3c2)cc1. The molecule has 0 aromatic heterocycles. The van der Waals surface area contributed by atoms with Crippen LogP contribution in [0.5, 0.6) is 11.5 Å². The van der Waals surface area contributed by atoms with Crippen molar-refractivity contribution in [1.29, 1.82) is 0 Å². The Morgan fingerprint density at radius 3 is 2.13 bits per heavy atom. The number of esters is 2. The van der Waals surface area contributed by atoms with Crippen molar-refractivity contribution < 1.29 is 24.2 Å². The van der Waals surface area contributed by atoms with E-state index in [0.29, 0.717) is 16.9 Å². The molecule has 5 nitrogen and oxygen atoms in total. The lowest BCUT2D eigenvalue weighted by atomic mass is 10.1. The summed E-state index contributed by atoms with van der Waals surface area (Å²) in [5, 5.41) is 11.2. The zero-order valence-corrected chi connectivity index (χ0v) is 15.9. The van der Waals surface area contributed by atoms with E-state index in [0.717, 1.165) is 16.3 Å². The van der Waals surface area contributed by atoms with Crippen LogP contribution in [-0.4, -0.2) is 17.0 Å². The van der Waals surface area contributed by atoms with Crippen LogP contribution < -0.4 is 4.74 Å². The highest BCUT2D eigenvalue weighted by molar-refractivity contribution is 5.97. The molecule has 0 spiro atoms. The van der Waals surface area contributed by atoms with E-state index >= 15 is 0 Å². The topological polar surface area (TPSA) is 72.8 Å². The molecule has 0 saturated heterocycles. The van der Waals surface area contributed by atoms with E-state index in [1.807, 2.05) is 30.3 Å². The fraction of sp³-hybridized carbons (Fsp3) is 0.0400. The van der Waals surface area contributed by atoms with Gasteiger partial charge in [-0.3, -0.25) is 0 Å². The molecule has 0 unspecified atom stereocenters. The van der Waals surface area contributed by atoms with Gasteiger partial charge in [-0.25, -0.2) is 9.59 Å². The Morgan fingerprint density at radius 1 is 0.700 bits per heavy atom. The normalized spacial score (nSPS) is 10.5. The van der Waals surface area contributed by atoms with Crippen molar-refractivity contribution in [2.24, 2.45) is 0 Å². The van der Waals surface area contributed by atoms with Crippen LogP contribution in [0.4, 0.5) is 0 Å². The average Bonchev–Trinajstić information content (AvgIpc) is 2.78. The average molecular weight is 398 g/mol. The van der Waals surface area contributed by atoms with Crippen LogP contribution in [0.25, 0.3) is 10.8 Å². The molecule has 4 aromatic carbocycles. The van der Waals surface area contributed by atoms with Crippen LogP contribution >= 0.6 is 0 Å². The smallest absolute Gasteiger partial charge is 0.343 e. The Bertz CT molecular complexity index is 1200. The highest BCUT2D eigenvalue weighted by Crippen LogP contribution is 2.22. The molecule has 0 saturated carbocycles. The van der Waals surface area contributed by atoms with Crippen LogP contribution in [-0.2, 0) is 11.3 Å². The summed E-state index contributed by atoms with van der Waals surface area (Å²) in [5.74, 6) is -0.468. The maximum absolute atomic E-state index is 12.4.